The van der Waals surface area contributed by atoms with E-state index in [1.807, 2.05) is 0 Å². The van der Waals surface area contributed by atoms with Gasteiger partial charge >= 0.3 is 0 Å². The molecule has 0 unspecified atom stereocenters. The molecule has 0 aliphatic carbocycles. The monoisotopic (exact) mass is 271 g/mol. The van der Waals surface area contributed by atoms with Crippen molar-refractivity contribution in [2.45, 2.75) is 6.92 Å². The zero-order valence-corrected chi connectivity index (χ0v) is 5.58. The van der Waals surface area contributed by atoms with Gasteiger partial charge in [-0.3, -0.25) is 4.79 Å². The van der Waals surface area contributed by atoms with Crippen LogP contribution in [0.5, 0.6) is 0 Å². The van der Waals surface area contributed by atoms with Crippen LogP contribution in [0.2, 0.25) is 0 Å². The van der Waals surface area contributed by atoms with E-state index in [0.29, 0.717) is 0 Å². The van der Waals surface area contributed by atoms with Crippen molar-refractivity contribution in [1.82, 2.24) is 0 Å². The number of aliphatic carboxylic acids is 1. The van der Waals surface area contributed by atoms with Crippen molar-refractivity contribution in [2.75, 3.05) is 0 Å². The van der Waals surface area contributed by atoms with Crippen LogP contribution in [0.15, 0.2) is 0 Å². The van der Waals surface area contributed by atoms with Gasteiger partial charge in [0.2, 0.25) is 0 Å². The molecule has 0 heterocycles. The number of hydrogen-bond donors (Lipinski definition) is 1. The fraction of sp³-hybridized carbons (Fsp3) is 0.500. The number of hydrogen-bond acceptors (Lipinski definition) is 1. The molecule has 0 aromatic carbocycles. The molecule has 3 nitrogen and oxygen atoms in total. The van der Waals surface area contributed by atoms with Crippen LogP contribution in [0.4, 0.5) is 0 Å². The first-order chi connectivity index (χ1) is 1.73. The van der Waals surface area contributed by atoms with Gasteiger partial charge in [-0.1, -0.05) is 0 Å². The van der Waals surface area contributed by atoms with Crippen LogP contribution in [0.25, 0.3) is 0 Å². The Bertz CT molecular complexity index is 31.8. The van der Waals surface area contributed by atoms with Gasteiger partial charge in [-0.15, -0.1) is 0 Å². The Labute approximate surface area is 49.0 Å². The number of carboxylic acids is 1. The Kier molecular flexibility index (Phi) is 24.6. The van der Waals surface area contributed by atoms with Gasteiger partial charge < -0.3 is 10.6 Å². The second kappa shape index (κ2) is 8.91. The average Bonchev–Trinajstić information content (AvgIpc) is 0.811. The molecule has 0 spiro atoms. The van der Waals surface area contributed by atoms with Crippen molar-refractivity contribution < 1.29 is 35.5 Å². The number of rotatable bonds is 0. The summed E-state index contributed by atoms with van der Waals surface area (Å²) in [4.78, 5) is 9.00. The SMILES string of the molecule is CC(=O)O.O.[Ir]. The second-order valence-electron chi connectivity index (χ2n) is 0.519. The van der Waals surface area contributed by atoms with E-state index < -0.39 is 5.97 Å². The first-order valence-corrected chi connectivity index (χ1v) is 0.928. The van der Waals surface area contributed by atoms with Crippen LogP contribution in [-0.2, 0) is 24.9 Å². The molecule has 0 aromatic rings. The quantitative estimate of drug-likeness (QED) is 0.630. The largest absolute Gasteiger partial charge is 0.481 e. The van der Waals surface area contributed by atoms with Gasteiger partial charge in [-0.2, -0.15) is 0 Å². The van der Waals surface area contributed by atoms with E-state index in [1.165, 1.54) is 0 Å². The van der Waals surface area contributed by atoms with Crippen molar-refractivity contribution in [2.24, 2.45) is 0 Å². The number of carboxylic acid groups (broad SMARTS) is 1. The molecule has 0 rings (SSSR count). The normalized spacial score (nSPS) is 4.17. The van der Waals surface area contributed by atoms with Crippen molar-refractivity contribution >= 4 is 5.97 Å². The Morgan fingerprint density at radius 1 is 1.67 bits per heavy atom. The summed E-state index contributed by atoms with van der Waals surface area (Å²) in [5.41, 5.74) is 0. The zero-order valence-electron chi connectivity index (χ0n) is 3.19. The fourth-order valence-electron chi connectivity index (χ4n) is 0. The second-order valence-corrected chi connectivity index (χ2v) is 0.519. The summed E-state index contributed by atoms with van der Waals surface area (Å²) in [5.74, 6) is -0.833. The van der Waals surface area contributed by atoms with Crippen LogP contribution in [0.3, 0.4) is 0 Å². The molecule has 6 heavy (non-hydrogen) atoms. The van der Waals surface area contributed by atoms with E-state index in [0.717, 1.165) is 6.92 Å². The van der Waals surface area contributed by atoms with E-state index in [9.17, 15) is 0 Å². The van der Waals surface area contributed by atoms with Gasteiger partial charge in [0.05, 0.1) is 0 Å². The fourth-order valence-corrected chi connectivity index (χ4v) is 0. The predicted octanol–water partition coefficient (Wildman–Crippen LogP) is -0.736. The van der Waals surface area contributed by atoms with Crippen molar-refractivity contribution in [1.29, 1.82) is 0 Å². The Morgan fingerprint density at radius 3 is 1.67 bits per heavy atom. The van der Waals surface area contributed by atoms with Gasteiger partial charge in [-0.05, 0) is 0 Å². The van der Waals surface area contributed by atoms with Gasteiger partial charge in [-0.25, -0.2) is 0 Å². The Hall–Kier alpha value is 0.0794. The summed E-state index contributed by atoms with van der Waals surface area (Å²) < 4.78 is 0. The molecule has 0 saturated heterocycles. The Balaban J connectivity index is -0.0000000450. The van der Waals surface area contributed by atoms with E-state index in [4.69, 9.17) is 9.90 Å². The maximum atomic E-state index is 9.00. The summed E-state index contributed by atoms with van der Waals surface area (Å²) in [7, 11) is 0. The molecule has 0 amide bonds. The van der Waals surface area contributed by atoms with Gasteiger partial charge in [0.25, 0.3) is 5.97 Å². The minimum absolute atomic E-state index is 0. The summed E-state index contributed by atoms with van der Waals surface area (Å²) in [5, 5.41) is 7.42. The molecule has 41 valence electrons. The van der Waals surface area contributed by atoms with Crippen molar-refractivity contribution in [3.8, 4) is 0 Å². The molecule has 1 radical (unpaired) electrons. The topological polar surface area (TPSA) is 68.8 Å². The molecule has 0 atom stereocenters. The van der Waals surface area contributed by atoms with Crippen molar-refractivity contribution in [3.63, 3.8) is 0 Å². The molecular weight excluding hydrogens is 264 g/mol. The van der Waals surface area contributed by atoms with E-state index >= 15 is 0 Å². The van der Waals surface area contributed by atoms with E-state index in [-0.39, 0.29) is 25.6 Å². The average molecular weight is 270 g/mol. The van der Waals surface area contributed by atoms with Crippen LogP contribution in [0.1, 0.15) is 6.92 Å². The van der Waals surface area contributed by atoms with E-state index in [2.05, 4.69) is 0 Å². The minimum Gasteiger partial charge on any atom is -0.481 e. The van der Waals surface area contributed by atoms with Crippen LogP contribution in [-0.4, -0.2) is 16.6 Å². The Morgan fingerprint density at radius 2 is 1.67 bits per heavy atom. The molecule has 4 heteroatoms. The summed E-state index contributed by atoms with van der Waals surface area (Å²) >= 11 is 0. The third-order valence-corrected chi connectivity index (χ3v) is 0. The van der Waals surface area contributed by atoms with Crippen LogP contribution < -0.4 is 0 Å². The van der Waals surface area contributed by atoms with E-state index in [1.54, 1.807) is 0 Å². The minimum atomic E-state index is -0.833. The zero-order chi connectivity index (χ0) is 3.58. The smallest absolute Gasteiger partial charge is 0.300 e. The third-order valence-electron chi connectivity index (χ3n) is 0. The van der Waals surface area contributed by atoms with Crippen molar-refractivity contribution in [3.05, 3.63) is 0 Å². The van der Waals surface area contributed by atoms with Gasteiger partial charge in [0.1, 0.15) is 0 Å². The molecule has 0 fully saturated rings. The summed E-state index contributed by atoms with van der Waals surface area (Å²) in [6.07, 6.45) is 0. The molecular formula is C2H6IrO3. The predicted molar refractivity (Wildman–Crippen MR) is 16.9 cm³/mol. The van der Waals surface area contributed by atoms with Gasteiger partial charge in [0, 0.05) is 27.0 Å². The maximum Gasteiger partial charge on any atom is 0.300 e. The molecule has 0 aromatic heterocycles. The third kappa shape index (κ3) is 6140. The molecule has 3 N–H and O–H groups in total. The number of carbonyl (C=O) groups is 1. The first kappa shape index (κ1) is 16.5. The van der Waals surface area contributed by atoms with Crippen LogP contribution >= 0.6 is 0 Å². The maximum absolute atomic E-state index is 9.00. The van der Waals surface area contributed by atoms with Gasteiger partial charge in [0.15, 0.2) is 0 Å². The van der Waals surface area contributed by atoms with Crippen LogP contribution in [0, 0.1) is 0 Å². The molecule has 0 aliphatic rings. The standard InChI is InChI=1S/C2H4O2.Ir.H2O/c1-2(3)4;;/h1H3,(H,3,4);;1H2. The molecule has 0 aliphatic heterocycles. The summed E-state index contributed by atoms with van der Waals surface area (Å²) in [6.45, 7) is 1.08. The molecule has 0 bridgehead atoms. The first-order valence-electron chi connectivity index (χ1n) is 0.928. The summed E-state index contributed by atoms with van der Waals surface area (Å²) in [6, 6.07) is 0. The molecule has 0 saturated carbocycles.